The van der Waals surface area contributed by atoms with E-state index in [9.17, 15) is 18.0 Å². The molecule has 1 aliphatic heterocycles. The lowest BCUT2D eigenvalue weighted by atomic mass is 9.67. The molecule has 2 aromatic carbocycles. The highest BCUT2D eigenvalue weighted by Crippen LogP contribution is 2.52. The van der Waals surface area contributed by atoms with E-state index in [1.165, 1.54) is 7.11 Å². The van der Waals surface area contributed by atoms with Crippen LogP contribution in [-0.4, -0.2) is 49.6 Å². The van der Waals surface area contributed by atoms with Crippen molar-refractivity contribution in [3.8, 4) is 0 Å². The van der Waals surface area contributed by atoms with Gasteiger partial charge in [-0.1, -0.05) is 61.3 Å². The fourth-order valence-electron chi connectivity index (χ4n) is 5.60. The van der Waals surface area contributed by atoms with Crippen molar-refractivity contribution in [2.45, 2.75) is 75.6 Å². The molecule has 4 atom stereocenters. The molecule has 0 spiro atoms. The normalized spacial score (nSPS) is 25.3. The van der Waals surface area contributed by atoms with Crippen LogP contribution in [0.3, 0.4) is 0 Å². The van der Waals surface area contributed by atoms with Gasteiger partial charge in [-0.3, -0.25) is 9.59 Å². The maximum atomic E-state index is 14.4. The van der Waals surface area contributed by atoms with Gasteiger partial charge < -0.3 is 9.64 Å². The summed E-state index contributed by atoms with van der Waals surface area (Å²) in [6, 6.07) is 14.0. The van der Waals surface area contributed by atoms with Gasteiger partial charge in [0.2, 0.25) is 15.9 Å². The highest BCUT2D eigenvalue weighted by molar-refractivity contribution is 7.91. The Morgan fingerprint density at radius 3 is 2.33 bits per heavy atom. The second-order valence-corrected chi connectivity index (χ2v) is 14.4. The summed E-state index contributed by atoms with van der Waals surface area (Å²) < 4.78 is 33.0. The smallest absolute Gasteiger partial charge is 0.306 e. The molecule has 212 valence electrons. The van der Waals surface area contributed by atoms with Crippen molar-refractivity contribution in [3.05, 3.63) is 69.7 Å². The highest BCUT2D eigenvalue weighted by atomic mass is 35.5. The van der Waals surface area contributed by atoms with Gasteiger partial charge in [-0.15, -0.1) is 0 Å². The van der Waals surface area contributed by atoms with Crippen LogP contribution in [0, 0.1) is 5.41 Å². The Labute approximate surface area is 241 Å². The minimum atomic E-state index is -3.56. The number of carbonyl (C=O) groups excluding carboxylic acids is 2. The molecule has 2 aromatic rings. The fourth-order valence-corrected chi connectivity index (χ4v) is 7.33. The summed E-state index contributed by atoms with van der Waals surface area (Å²) in [7, 11) is -2.25. The van der Waals surface area contributed by atoms with E-state index in [1.54, 1.807) is 36.9 Å². The molecule has 2 fully saturated rings. The van der Waals surface area contributed by atoms with Crippen molar-refractivity contribution in [3.63, 3.8) is 0 Å². The summed E-state index contributed by atoms with van der Waals surface area (Å²) in [5.74, 6) is -0.922. The minimum absolute atomic E-state index is 0.0703. The molecule has 10 heteroatoms. The first-order valence-electron chi connectivity index (χ1n) is 13.2. The van der Waals surface area contributed by atoms with Gasteiger partial charge in [0.15, 0.2) is 0 Å². The molecular formula is C29H36Cl2N2O5S. The zero-order valence-electron chi connectivity index (χ0n) is 22.7. The van der Waals surface area contributed by atoms with E-state index in [-0.39, 0.29) is 24.8 Å². The average molecular weight is 596 g/mol. The molecular weight excluding hydrogens is 559 g/mol. The van der Waals surface area contributed by atoms with Crippen LogP contribution in [0.1, 0.15) is 76.0 Å². The van der Waals surface area contributed by atoms with Gasteiger partial charge in [-0.05, 0) is 68.0 Å². The second kappa shape index (κ2) is 11.4. The predicted molar refractivity (Wildman–Crippen MR) is 153 cm³/mol. The lowest BCUT2D eigenvalue weighted by Gasteiger charge is -2.52. The summed E-state index contributed by atoms with van der Waals surface area (Å²) in [6.45, 7) is 5.53. The number of esters is 1. The quantitative estimate of drug-likeness (QED) is 0.347. The van der Waals surface area contributed by atoms with E-state index in [1.807, 2.05) is 37.3 Å². The van der Waals surface area contributed by atoms with Crippen molar-refractivity contribution in [2.75, 3.05) is 13.7 Å². The number of hydrogen-bond acceptors (Lipinski definition) is 5. The first-order valence-corrected chi connectivity index (χ1v) is 15.5. The Morgan fingerprint density at radius 2 is 1.77 bits per heavy atom. The van der Waals surface area contributed by atoms with E-state index < -0.39 is 38.2 Å². The van der Waals surface area contributed by atoms with E-state index in [0.29, 0.717) is 35.7 Å². The summed E-state index contributed by atoms with van der Waals surface area (Å²) in [5, 5.41) is 1.14. The third-order valence-corrected chi connectivity index (χ3v) is 11.1. The number of amides is 1. The molecule has 1 N–H and O–H groups in total. The first-order chi connectivity index (χ1) is 18.3. The highest BCUT2D eigenvalue weighted by Gasteiger charge is 2.53. The molecule has 2 aliphatic rings. The molecule has 0 bridgehead atoms. The van der Waals surface area contributed by atoms with Crippen LogP contribution in [0.2, 0.25) is 10.0 Å². The van der Waals surface area contributed by atoms with Crippen molar-refractivity contribution in [1.82, 2.24) is 9.62 Å². The number of halogens is 2. The lowest BCUT2D eigenvalue weighted by molar-refractivity contribution is -0.161. The number of rotatable bonds is 10. The number of methoxy groups -OCH3 is 1. The molecule has 1 amide bonds. The Hall–Kier alpha value is -2.13. The van der Waals surface area contributed by atoms with Crippen molar-refractivity contribution < 1.29 is 22.7 Å². The van der Waals surface area contributed by atoms with E-state index >= 15 is 0 Å². The molecule has 0 aromatic heterocycles. The number of piperidine rings is 1. The summed E-state index contributed by atoms with van der Waals surface area (Å²) in [4.78, 5) is 28.7. The molecule has 0 unspecified atom stereocenters. The predicted octanol–water partition coefficient (Wildman–Crippen LogP) is 5.87. The van der Waals surface area contributed by atoms with Crippen LogP contribution in [0.4, 0.5) is 0 Å². The molecule has 0 radical (unpaired) electrons. The van der Waals surface area contributed by atoms with Crippen LogP contribution in [-0.2, 0) is 24.3 Å². The topological polar surface area (TPSA) is 92.8 Å². The zero-order valence-corrected chi connectivity index (χ0v) is 25.1. The largest absolute Gasteiger partial charge is 0.469 e. The summed E-state index contributed by atoms with van der Waals surface area (Å²) in [6.07, 6.45) is 2.02. The molecule has 1 heterocycles. The maximum Gasteiger partial charge on any atom is 0.306 e. The average Bonchev–Trinajstić information content (AvgIpc) is 3.66. The number of sulfonamides is 1. The van der Waals surface area contributed by atoms with Gasteiger partial charge in [0.05, 0.1) is 29.7 Å². The number of benzene rings is 2. The minimum Gasteiger partial charge on any atom is -0.469 e. The van der Waals surface area contributed by atoms with Crippen LogP contribution >= 0.6 is 23.2 Å². The number of ether oxygens (including phenoxy) is 1. The number of carbonyl (C=O) groups is 2. The third-order valence-electron chi connectivity index (χ3n) is 8.33. The van der Waals surface area contributed by atoms with Crippen molar-refractivity contribution >= 4 is 45.1 Å². The molecule has 4 rings (SSSR count). The van der Waals surface area contributed by atoms with Crippen LogP contribution < -0.4 is 4.72 Å². The Kier molecular flexibility index (Phi) is 8.72. The molecule has 1 saturated carbocycles. The monoisotopic (exact) mass is 594 g/mol. The number of nitrogens with one attached hydrogen (secondary N) is 1. The van der Waals surface area contributed by atoms with Gasteiger partial charge in [0.1, 0.15) is 0 Å². The SMILES string of the molecule is CC[C@@H](CNS(=O)(=O)C1(C)CC1)N1C(=O)[C@@](C)(CC(=O)OC)C[C@H](c2cccc(Cl)c2)[C@H]1c1ccc(Cl)cc1. The van der Waals surface area contributed by atoms with Crippen LogP contribution in [0.15, 0.2) is 48.5 Å². The maximum absolute atomic E-state index is 14.4. The fraction of sp³-hybridized carbons (Fsp3) is 0.517. The molecule has 1 saturated heterocycles. The van der Waals surface area contributed by atoms with Crippen molar-refractivity contribution in [1.29, 1.82) is 0 Å². The number of hydrogen-bond donors (Lipinski definition) is 1. The van der Waals surface area contributed by atoms with Gasteiger partial charge in [-0.2, -0.15) is 0 Å². The van der Waals surface area contributed by atoms with Gasteiger partial charge in [0.25, 0.3) is 0 Å². The first kappa shape index (κ1) is 29.8. The Morgan fingerprint density at radius 1 is 1.10 bits per heavy atom. The Balaban J connectivity index is 1.83. The molecule has 1 aliphatic carbocycles. The zero-order chi connectivity index (χ0) is 28.6. The van der Waals surface area contributed by atoms with Crippen LogP contribution in [0.5, 0.6) is 0 Å². The Bertz CT molecular complexity index is 1330. The number of nitrogens with zero attached hydrogens (tertiary/aromatic N) is 1. The second-order valence-electron chi connectivity index (χ2n) is 11.3. The lowest BCUT2D eigenvalue weighted by Crippen LogP contribution is -2.58. The van der Waals surface area contributed by atoms with E-state index in [2.05, 4.69) is 4.72 Å². The third kappa shape index (κ3) is 6.14. The summed E-state index contributed by atoms with van der Waals surface area (Å²) >= 11 is 12.6. The van der Waals surface area contributed by atoms with Crippen LogP contribution in [0.25, 0.3) is 0 Å². The van der Waals surface area contributed by atoms with E-state index in [4.69, 9.17) is 27.9 Å². The molecule has 39 heavy (non-hydrogen) atoms. The summed E-state index contributed by atoms with van der Waals surface area (Å²) in [5.41, 5.74) is 0.725. The van der Waals surface area contributed by atoms with Crippen molar-refractivity contribution in [2.24, 2.45) is 5.41 Å². The van der Waals surface area contributed by atoms with Gasteiger partial charge >= 0.3 is 5.97 Å². The van der Waals surface area contributed by atoms with Gasteiger partial charge in [0, 0.05) is 28.5 Å². The van der Waals surface area contributed by atoms with E-state index in [0.717, 1.165) is 11.1 Å². The number of likely N-dealkylation sites (tertiary alicyclic amines) is 1. The standard InChI is InChI=1S/C29H36Cl2N2O5S/c1-5-23(18-32-39(36,37)29(3)13-14-29)33-26(19-9-11-21(30)12-10-19)24(20-7-6-8-22(31)15-20)16-28(2,27(33)35)17-25(34)38-4/h6-12,15,23-24,26,32H,5,13-14,16-18H2,1-4H3/t23-,24+,26+,28+/m0/s1. The van der Waals surface area contributed by atoms with Gasteiger partial charge in [-0.25, -0.2) is 13.1 Å². The molecule has 7 nitrogen and oxygen atoms in total.